The molecule has 0 spiro atoms. The van der Waals surface area contributed by atoms with Crippen LogP contribution < -0.4 is 0 Å². The number of hydrogen-bond donors (Lipinski definition) is 0. The van der Waals surface area contributed by atoms with Crippen molar-refractivity contribution in [1.29, 1.82) is 0 Å². The first-order valence-corrected chi connectivity index (χ1v) is 7.20. The minimum absolute atomic E-state index is 0.772. The fraction of sp³-hybridized carbons (Fsp3) is 0.786. The Kier molecular flexibility index (Phi) is 3.66. The SMILES string of the molecule is Cc1cc(CN2CCCN3CCCCC3C2)no1. The van der Waals surface area contributed by atoms with Crippen molar-refractivity contribution in [2.75, 3.05) is 26.2 Å². The fourth-order valence-corrected chi connectivity index (χ4v) is 3.31. The molecule has 0 aliphatic carbocycles. The quantitative estimate of drug-likeness (QED) is 0.803. The van der Waals surface area contributed by atoms with Crippen molar-refractivity contribution in [1.82, 2.24) is 15.0 Å². The molecule has 0 radical (unpaired) electrons. The van der Waals surface area contributed by atoms with E-state index >= 15 is 0 Å². The van der Waals surface area contributed by atoms with Gasteiger partial charge in [-0.3, -0.25) is 9.80 Å². The molecular weight excluding hydrogens is 226 g/mol. The van der Waals surface area contributed by atoms with Crippen molar-refractivity contribution in [3.8, 4) is 0 Å². The molecule has 0 saturated carbocycles. The average molecular weight is 249 g/mol. The van der Waals surface area contributed by atoms with E-state index in [1.807, 2.05) is 6.92 Å². The van der Waals surface area contributed by atoms with Gasteiger partial charge in [0.25, 0.3) is 0 Å². The molecule has 100 valence electrons. The highest BCUT2D eigenvalue weighted by Crippen LogP contribution is 2.21. The van der Waals surface area contributed by atoms with Gasteiger partial charge in [-0.05, 0) is 45.8 Å². The highest BCUT2D eigenvalue weighted by Gasteiger charge is 2.27. The van der Waals surface area contributed by atoms with E-state index in [9.17, 15) is 0 Å². The first-order chi connectivity index (χ1) is 8.81. The largest absolute Gasteiger partial charge is 0.361 e. The Morgan fingerprint density at radius 2 is 2.17 bits per heavy atom. The second-order valence-electron chi connectivity index (χ2n) is 5.70. The van der Waals surface area contributed by atoms with E-state index in [0.717, 1.165) is 24.0 Å². The van der Waals surface area contributed by atoms with Gasteiger partial charge in [0.05, 0.1) is 5.69 Å². The van der Waals surface area contributed by atoms with Gasteiger partial charge in [0, 0.05) is 25.2 Å². The van der Waals surface area contributed by atoms with Gasteiger partial charge in [-0.25, -0.2) is 0 Å². The standard InChI is InChI=1S/C14H23N3O/c1-12-9-13(15-18-12)10-16-6-4-8-17-7-3-2-5-14(17)11-16/h9,14H,2-8,10-11H2,1H3. The summed E-state index contributed by atoms with van der Waals surface area (Å²) in [6.45, 7) is 7.88. The molecule has 2 fully saturated rings. The smallest absolute Gasteiger partial charge is 0.133 e. The van der Waals surface area contributed by atoms with Gasteiger partial charge in [-0.2, -0.15) is 0 Å². The van der Waals surface area contributed by atoms with Crippen molar-refractivity contribution >= 4 is 0 Å². The molecule has 18 heavy (non-hydrogen) atoms. The second kappa shape index (κ2) is 5.41. The average Bonchev–Trinajstić information content (AvgIpc) is 2.66. The second-order valence-corrected chi connectivity index (χ2v) is 5.70. The van der Waals surface area contributed by atoms with E-state index in [4.69, 9.17) is 4.52 Å². The summed E-state index contributed by atoms with van der Waals surface area (Å²) in [5, 5.41) is 4.11. The molecule has 2 aliphatic heterocycles. The van der Waals surface area contributed by atoms with E-state index < -0.39 is 0 Å². The van der Waals surface area contributed by atoms with Gasteiger partial charge in [0.1, 0.15) is 5.76 Å². The number of hydrogen-bond acceptors (Lipinski definition) is 4. The van der Waals surface area contributed by atoms with Crippen LogP contribution >= 0.6 is 0 Å². The lowest BCUT2D eigenvalue weighted by Crippen LogP contribution is -2.43. The predicted octanol–water partition coefficient (Wildman–Crippen LogP) is 2.04. The molecule has 0 N–H and O–H groups in total. The zero-order valence-electron chi connectivity index (χ0n) is 11.3. The first kappa shape index (κ1) is 12.2. The topological polar surface area (TPSA) is 32.5 Å². The van der Waals surface area contributed by atoms with Crippen LogP contribution in [0.3, 0.4) is 0 Å². The summed E-state index contributed by atoms with van der Waals surface area (Å²) >= 11 is 0. The molecule has 3 heterocycles. The van der Waals surface area contributed by atoms with Crippen molar-refractivity contribution in [2.45, 2.75) is 45.2 Å². The van der Waals surface area contributed by atoms with Crippen molar-refractivity contribution in [3.63, 3.8) is 0 Å². The molecule has 2 aliphatic rings. The van der Waals surface area contributed by atoms with Crippen LogP contribution in [0, 0.1) is 6.92 Å². The Morgan fingerprint density at radius 1 is 1.28 bits per heavy atom. The van der Waals surface area contributed by atoms with E-state index in [2.05, 4.69) is 21.0 Å². The minimum Gasteiger partial charge on any atom is -0.361 e. The van der Waals surface area contributed by atoms with E-state index in [0.29, 0.717) is 0 Å². The maximum atomic E-state index is 5.16. The monoisotopic (exact) mass is 249 g/mol. The van der Waals surface area contributed by atoms with E-state index in [1.54, 1.807) is 0 Å². The summed E-state index contributed by atoms with van der Waals surface area (Å²) in [5.74, 6) is 0.916. The highest BCUT2D eigenvalue weighted by molar-refractivity contribution is 5.03. The van der Waals surface area contributed by atoms with Crippen LogP contribution in [0.4, 0.5) is 0 Å². The molecule has 3 rings (SSSR count). The molecular formula is C14H23N3O. The molecule has 1 aromatic heterocycles. The Labute approximate surface area is 109 Å². The number of fused-ring (bicyclic) bond motifs is 1. The normalized spacial score (nSPS) is 26.8. The third-order valence-corrected chi connectivity index (χ3v) is 4.20. The van der Waals surface area contributed by atoms with Gasteiger partial charge in [-0.15, -0.1) is 0 Å². The van der Waals surface area contributed by atoms with Crippen molar-refractivity contribution in [2.24, 2.45) is 0 Å². The molecule has 4 nitrogen and oxygen atoms in total. The third kappa shape index (κ3) is 2.75. The Hall–Kier alpha value is -0.870. The number of aromatic nitrogens is 1. The lowest BCUT2D eigenvalue weighted by molar-refractivity contribution is 0.134. The van der Waals surface area contributed by atoms with E-state index in [-0.39, 0.29) is 0 Å². The van der Waals surface area contributed by atoms with E-state index in [1.165, 1.54) is 51.9 Å². The molecule has 1 atom stereocenters. The number of rotatable bonds is 2. The zero-order valence-corrected chi connectivity index (χ0v) is 11.3. The van der Waals surface area contributed by atoms with Crippen LogP contribution in [0.1, 0.15) is 37.1 Å². The Bertz CT molecular complexity index is 390. The number of piperidine rings is 1. The summed E-state index contributed by atoms with van der Waals surface area (Å²) in [7, 11) is 0. The van der Waals surface area contributed by atoms with Crippen LogP contribution in [-0.2, 0) is 6.54 Å². The van der Waals surface area contributed by atoms with Gasteiger partial charge in [0.2, 0.25) is 0 Å². The molecule has 4 heteroatoms. The molecule has 2 saturated heterocycles. The summed E-state index contributed by atoms with van der Waals surface area (Å²) < 4.78 is 5.16. The van der Waals surface area contributed by atoms with Crippen LogP contribution in [0.15, 0.2) is 10.6 Å². The van der Waals surface area contributed by atoms with Crippen molar-refractivity contribution in [3.05, 3.63) is 17.5 Å². The zero-order chi connectivity index (χ0) is 12.4. The van der Waals surface area contributed by atoms with Gasteiger partial charge < -0.3 is 4.52 Å². The minimum atomic E-state index is 0.772. The predicted molar refractivity (Wildman–Crippen MR) is 70.3 cm³/mol. The Balaban J connectivity index is 1.62. The third-order valence-electron chi connectivity index (χ3n) is 4.20. The number of aryl methyl sites for hydroxylation is 1. The lowest BCUT2D eigenvalue weighted by atomic mass is 10.0. The summed E-state index contributed by atoms with van der Waals surface area (Å²) in [6.07, 6.45) is 5.44. The van der Waals surface area contributed by atoms with Gasteiger partial charge in [-0.1, -0.05) is 11.6 Å². The maximum Gasteiger partial charge on any atom is 0.133 e. The van der Waals surface area contributed by atoms with Crippen molar-refractivity contribution < 1.29 is 4.52 Å². The molecule has 0 bridgehead atoms. The van der Waals surface area contributed by atoms with Gasteiger partial charge >= 0.3 is 0 Å². The maximum absolute atomic E-state index is 5.16. The fourth-order valence-electron chi connectivity index (χ4n) is 3.31. The highest BCUT2D eigenvalue weighted by atomic mass is 16.5. The van der Waals surface area contributed by atoms with Crippen LogP contribution in [-0.4, -0.2) is 47.2 Å². The Morgan fingerprint density at radius 3 is 3.00 bits per heavy atom. The summed E-state index contributed by atoms with van der Waals surface area (Å²) in [6, 6.07) is 2.83. The first-order valence-electron chi connectivity index (χ1n) is 7.20. The van der Waals surface area contributed by atoms with Crippen LogP contribution in [0.5, 0.6) is 0 Å². The van der Waals surface area contributed by atoms with Crippen LogP contribution in [0.2, 0.25) is 0 Å². The summed E-state index contributed by atoms with van der Waals surface area (Å²) in [4.78, 5) is 5.24. The molecule has 1 aromatic rings. The summed E-state index contributed by atoms with van der Waals surface area (Å²) in [5.41, 5.74) is 1.08. The molecule has 0 aromatic carbocycles. The molecule has 1 unspecified atom stereocenters. The lowest BCUT2D eigenvalue weighted by Gasteiger charge is -2.35. The number of nitrogens with zero attached hydrogens (tertiary/aromatic N) is 3. The van der Waals surface area contributed by atoms with Crippen LogP contribution in [0.25, 0.3) is 0 Å². The molecule has 0 amide bonds. The van der Waals surface area contributed by atoms with Gasteiger partial charge in [0.15, 0.2) is 0 Å².